The van der Waals surface area contributed by atoms with Crippen LogP contribution in [0.2, 0.25) is 0 Å². The zero-order chi connectivity index (χ0) is 22.8. The molecule has 0 bridgehead atoms. The molecule has 5 heteroatoms. The van der Waals surface area contributed by atoms with Crippen LogP contribution in [0, 0.1) is 12.8 Å². The molecule has 0 fully saturated rings. The van der Waals surface area contributed by atoms with Crippen LogP contribution in [-0.4, -0.2) is 35.9 Å². The molecule has 0 aromatic heterocycles. The van der Waals surface area contributed by atoms with E-state index in [1.54, 1.807) is 4.90 Å². The highest BCUT2D eigenvalue weighted by Crippen LogP contribution is 2.16. The van der Waals surface area contributed by atoms with Gasteiger partial charge in [-0.05, 0) is 48.9 Å². The molecule has 0 heterocycles. The van der Waals surface area contributed by atoms with Crippen molar-refractivity contribution in [2.75, 3.05) is 13.2 Å². The fourth-order valence-electron chi connectivity index (χ4n) is 3.40. The molecule has 168 valence electrons. The fourth-order valence-corrected chi connectivity index (χ4v) is 3.40. The number of rotatable bonds is 11. The van der Waals surface area contributed by atoms with Crippen molar-refractivity contribution in [3.05, 3.63) is 65.2 Å². The van der Waals surface area contributed by atoms with Gasteiger partial charge in [0.05, 0.1) is 0 Å². The minimum absolute atomic E-state index is 0.106. The van der Waals surface area contributed by atoms with Crippen LogP contribution in [0.1, 0.15) is 50.8 Å². The molecule has 2 aromatic rings. The lowest BCUT2D eigenvalue weighted by Gasteiger charge is -2.31. The Kier molecular flexibility index (Phi) is 9.57. The maximum Gasteiger partial charge on any atom is 0.261 e. The minimum Gasteiger partial charge on any atom is -0.484 e. The zero-order valence-corrected chi connectivity index (χ0v) is 19.5. The molecule has 0 aliphatic heterocycles. The molecule has 0 aliphatic rings. The van der Waals surface area contributed by atoms with Gasteiger partial charge in [-0.15, -0.1) is 0 Å². The monoisotopic (exact) mass is 424 g/mol. The number of hydrogen-bond acceptors (Lipinski definition) is 3. The van der Waals surface area contributed by atoms with Crippen molar-refractivity contribution in [2.45, 2.75) is 60.0 Å². The number of ether oxygens (including phenoxy) is 1. The molecule has 0 spiro atoms. The Morgan fingerprint density at radius 2 is 1.74 bits per heavy atom. The number of benzene rings is 2. The number of carbonyl (C=O) groups excluding carboxylic acids is 2. The van der Waals surface area contributed by atoms with Crippen LogP contribution in [0.3, 0.4) is 0 Å². The van der Waals surface area contributed by atoms with Crippen molar-refractivity contribution in [2.24, 2.45) is 5.92 Å². The molecule has 2 amide bonds. The van der Waals surface area contributed by atoms with Gasteiger partial charge >= 0.3 is 0 Å². The van der Waals surface area contributed by atoms with Gasteiger partial charge in [-0.1, -0.05) is 69.7 Å². The second-order valence-corrected chi connectivity index (χ2v) is 8.36. The Morgan fingerprint density at radius 3 is 2.32 bits per heavy atom. The van der Waals surface area contributed by atoms with Gasteiger partial charge in [-0.2, -0.15) is 0 Å². The third-order valence-electron chi connectivity index (χ3n) is 5.20. The highest BCUT2D eigenvalue weighted by Gasteiger charge is 2.29. The molecular weight excluding hydrogens is 388 g/mol. The van der Waals surface area contributed by atoms with Crippen molar-refractivity contribution in [1.29, 1.82) is 0 Å². The average Bonchev–Trinajstić information content (AvgIpc) is 2.76. The summed E-state index contributed by atoms with van der Waals surface area (Å²) >= 11 is 0. The Hall–Kier alpha value is -2.82. The Bertz CT molecular complexity index is 846. The van der Waals surface area contributed by atoms with Crippen LogP contribution in [0.25, 0.3) is 0 Å². The zero-order valence-electron chi connectivity index (χ0n) is 19.5. The number of carbonyl (C=O) groups is 2. The van der Waals surface area contributed by atoms with Gasteiger partial charge in [0.1, 0.15) is 11.8 Å². The maximum absolute atomic E-state index is 13.2. The fraction of sp³-hybridized carbons (Fsp3) is 0.462. The van der Waals surface area contributed by atoms with E-state index in [9.17, 15) is 9.59 Å². The molecule has 0 aliphatic carbocycles. The van der Waals surface area contributed by atoms with E-state index >= 15 is 0 Å². The average molecular weight is 425 g/mol. The predicted octanol–water partition coefficient (Wildman–Crippen LogP) is 4.52. The summed E-state index contributed by atoms with van der Waals surface area (Å²) in [6.07, 6.45) is 1.49. The first-order chi connectivity index (χ1) is 14.8. The van der Waals surface area contributed by atoms with Gasteiger partial charge in [0.2, 0.25) is 5.91 Å². The predicted molar refractivity (Wildman–Crippen MR) is 125 cm³/mol. The third kappa shape index (κ3) is 7.74. The van der Waals surface area contributed by atoms with E-state index in [-0.39, 0.29) is 18.4 Å². The van der Waals surface area contributed by atoms with Gasteiger partial charge in [-0.3, -0.25) is 9.59 Å². The quantitative estimate of drug-likeness (QED) is 0.577. The largest absolute Gasteiger partial charge is 0.484 e. The summed E-state index contributed by atoms with van der Waals surface area (Å²) in [5.74, 6) is 0.673. The summed E-state index contributed by atoms with van der Waals surface area (Å²) < 4.78 is 5.76. The van der Waals surface area contributed by atoms with Crippen molar-refractivity contribution < 1.29 is 14.3 Å². The van der Waals surface area contributed by atoms with Gasteiger partial charge in [0.15, 0.2) is 6.61 Å². The van der Waals surface area contributed by atoms with Crippen molar-refractivity contribution >= 4 is 11.8 Å². The standard InChI is InChI=1S/C26H36N2O3/c1-6-21-11-13-23(14-12-21)31-18-25(29)28(17-22-10-8-9-20(5)15-22)24(7-2)26(30)27-16-19(3)4/h8-15,19,24H,6-7,16-18H2,1-5H3,(H,27,30)/t24-/m1/s1. The van der Waals surface area contributed by atoms with Crippen LogP contribution in [0.5, 0.6) is 5.75 Å². The normalized spacial score (nSPS) is 11.8. The lowest BCUT2D eigenvalue weighted by molar-refractivity contribution is -0.143. The first-order valence-electron chi connectivity index (χ1n) is 11.2. The van der Waals surface area contributed by atoms with Crippen LogP contribution < -0.4 is 10.1 Å². The van der Waals surface area contributed by atoms with Gasteiger partial charge in [0, 0.05) is 13.1 Å². The van der Waals surface area contributed by atoms with Crippen LogP contribution >= 0.6 is 0 Å². The van der Waals surface area contributed by atoms with Crippen LogP contribution in [0.15, 0.2) is 48.5 Å². The number of nitrogens with one attached hydrogen (secondary N) is 1. The molecule has 0 saturated carbocycles. The van der Waals surface area contributed by atoms with Gasteiger partial charge in [-0.25, -0.2) is 0 Å². The topological polar surface area (TPSA) is 58.6 Å². The number of amides is 2. The van der Waals surface area contributed by atoms with E-state index in [4.69, 9.17) is 4.74 Å². The molecule has 1 atom stereocenters. The van der Waals surface area contributed by atoms with E-state index in [2.05, 4.69) is 26.1 Å². The number of aryl methyl sites for hydroxylation is 2. The van der Waals surface area contributed by atoms with E-state index in [0.717, 1.165) is 17.5 Å². The van der Waals surface area contributed by atoms with Crippen molar-refractivity contribution in [3.63, 3.8) is 0 Å². The number of hydrogen-bond donors (Lipinski definition) is 1. The Morgan fingerprint density at radius 1 is 1.03 bits per heavy atom. The third-order valence-corrected chi connectivity index (χ3v) is 5.20. The molecular formula is C26H36N2O3. The van der Waals surface area contributed by atoms with Crippen molar-refractivity contribution in [3.8, 4) is 5.75 Å². The summed E-state index contributed by atoms with van der Waals surface area (Å²) in [4.78, 5) is 27.7. The van der Waals surface area contributed by atoms with Crippen molar-refractivity contribution in [1.82, 2.24) is 10.2 Å². The smallest absolute Gasteiger partial charge is 0.261 e. The Balaban J connectivity index is 2.17. The van der Waals surface area contributed by atoms with E-state index < -0.39 is 6.04 Å². The summed E-state index contributed by atoms with van der Waals surface area (Å²) in [6.45, 7) is 11.0. The molecule has 0 saturated heterocycles. The molecule has 5 nitrogen and oxygen atoms in total. The highest BCUT2D eigenvalue weighted by atomic mass is 16.5. The SMILES string of the molecule is CCc1ccc(OCC(=O)N(Cc2cccc(C)c2)[C@H](CC)C(=O)NCC(C)C)cc1. The van der Waals surface area contributed by atoms with Gasteiger partial charge in [0.25, 0.3) is 5.91 Å². The summed E-state index contributed by atoms with van der Waals surface area (Å²) in [5, 5.41) is 2.98. The molecule has 2 rings (SSSR count). The number of nitrogens with zero attached hydrogens (tertiary/aromatic N) is 1. The second-order valence-electron chi connectivity index (χ2n) is 8.36. The van der Waals surface area contributed by atoms with Crippen LogP contribution in [-0.2, 0) is 22.6 Å². The molecule has 0 unspecified atom stereocenters. The molecule has 1 N–H and O–H groups in total. The summed E-state index contributed by atoms with van der Waals surface area (Å²) in [5.41, 5.74) is 3.33. The van der Waals surface area contributed by atoms with Gasteiger partial charge < -0.3 is 15.0 Å². The Labute approximate surface area is 186 Å². The van der Waals surface area contributed by atoms with E-state index in [1.807, 2.05) is 62.4 Å². The highest BCUT2D eigenvalue weighted by molar-refractivity contribution is 5.88. The first kappa shape index (κ1) is 24.4. The lowest BCUT2D eigenvalue weighted by Crippen LogP contribution is -2.50. The van der Waals surface area contributed by atoms with Crippen LogP contribution in [0.4, 0.5) is 0 Å². The molecule has 31 heavy (non-hydrogen) atoms. The molecule has 2 aromatic carbocycles. The lowest BCUT2D eigenvalue weighted by atomic mass is 10.1. The first-order valence-corrected chi connectivity index (χ1v) is 11.2. The summed E-state index contributed by atoms with van der Waals surface area (Å²) in [6, 6.07) is 15.2. The second kappa shape index (κ2) is 12.1. The minimum atomic E-state index is -0.544. The van der Waals surface area contributed by atoms with E-state index in [0.29, 0.717) is 31.2 Å². The molecule has 0 radical (unpaired) electrons. The summed E-state index contributed by atoms with van der Waals surface area (Å²) in [7, 11) is 0. The van der Waals surface area contributed by atoms with E-state index in [1.165, 1.54) is 5.56 Å². The maximum atomic E-state index is 13.2.